The van der Waals surface area contributed by atoms with Gasteiger partial charge in [-0.25, -0.2) is 5.43 Å². The van der Waals surface area contributed by atoms with Crippen molar-refractivity contribution in [3.8, 4) is 23.0 Å². The number of carbonyl (C=O) groups excluding carboxylic acids is 2. The Hall–Kier alpha value is -5.61. The van der Waals surface area contributed by atoms with Crippen molar-refractivity contribution in [3.05, 3.63) is 125 Å². The minimum Gasteiger partial charge on any atom is -0.506 e. The number of ether oxygens (including phenoxy) is 1. The number of hydrogen-bond acceptors (Lipinski definition) is 8. The van der Waals surface area contributed by atoms with Crippen LogP contribution in [-0.2, 0) is 17.9 Å². The Bertz CT molecular complexity index is 1850. The van der Waals surface area contributed by atoms with E-state index in [-0.39, 0.29) is 53.4 Å². The SMILES string of the molecule is O=C(N/N=C/c1ccc(OCC(=O)N(Cc2ccncc2)Cc2ccc(O)c(O)c2)c2ccccc12)c1ccc(O)c(Cl)c1. The third kappa shape index (κ3) is 7.23. The highest BCUT2D eigenvalue weighted by Gasteiger charge is 2.18. The molecule has 1 aromatic heterocycles. The number of fused-ring (bicyclic) bond motifs is 1. The molecule has 5 aromatic rings. The molecule has 4 aromatic carbocycles. The molecule has 10 nitrogen and oxygen atoms in total. The first kappa shape index (κ1) is 29.9. The predicted octanol–water partition coefficient (Wildman–Crippen LogP) is 5.38. The molecule has 0 unspecified atom stereocenters. The Kier molecular flexibility index (Phi) is 9.22. The summed E-state index contributed by atoms with van der Waals surface area (Å²) >= 11 is 5.89. The number of aromatic nitrogens is 1. The molecule has 0 fully saturated rings. The molecule has 2 amide bonds. The largest absolute Gasteiger partial charge is 0.506 e. The molecule has 4 N–H and O–H groups in total. The number of aromatic hydroxyl groups is 3. The Morgan fingerprint density at radius 3 is 2.32 bits per heavy atom. The Balaban J connectivity index is 1.30. The van der Waals surface area contributed by atoms with Crippen molar-refractivity contribution < 1.29 is 29.6 Å². The van der Waals surface area contributed by atoms with Crippen LogP contribution in [0.25, 0.3) is 10.8 Å². The van der Waals surface area contributed by atoms with E-state index >= 15 is 0 Å². The third-order valence-corrected chi connectivity index (χ3v) is 7.04. The average Bonchev–Trinajstić information content (AvgIpc) is 3.03. The highest BCUT2D eigenvalue weighted by Crippen LogP contribution is 2.29. The zero-order valence-corrected chi connectivity index (χ0v) is 24.0. The van der Waals surface area contributed by atoms with Crippen molar-refractivity contribution >= 4 is 40.4 Å². The molecule has 0 saturated heterocycles. The number of pyridine rings is 1. The van der Waals surface area contributed by atoms with Crippen LogP contribution in [0, 0.1) is 0 Å². The lowest BCUT2D eigenvalue weighted by Crippen LogP contribution is -2.34. The number of hydrazone groups is 1. The number of nitrogens with zero attached hydrogens (tertiary/aromatic N) is 3. The van der Waals surface area contributed by atoms with Crippen molar-refractivity contribution in [1.82, 2.24) is 15.3 Å². The van der Waals surface area contributed by atoms with E-state index in [9.17, 15) is 24.9 Å². The first-order valence-electron chi connectivity index (χ1n) is 13.4. The van der Waals surface area contributed by atoms with Crippen molar-refractivity contribution in [2.45, 2.75) is 13.1 Å². The van der Waals surface area contributed by atoms with Crippen molar-refractivity contribution in [1.29, 1.82) is 0 Å². The molecule has 0 atom stereocenters. The summed E-state index contributed by atoms with van der Waals surface area (Å²) in [6, 6.07) is 23.1. The van der Waals surface area contributed by atoms with Gasteiger partial charge in [0.25, 0.3) is 11.8 Å². The lowest BCUT2D eigenvalue weighted by atomic mass is 10.0. The van der Waals surface area contributed by atoms with E-state index in [1.807, 2.05) is 36.4 Å². The van der Waals surface area contributed by atoms with Gasteiger partial charge in [0.2, 0.25) is 0 Å². The molecule has 0 aliphatic rings. The molecule has 0 saturated carbocycles. The number of phenols is 3. The topological polar surface area (TPSA) is 145 Å². The molecule has 222 valence electrons. The number of phenolic OH excluding ortho intramolecular Hbond substituents is 3. The molecular weight excluding hydrogens is 584 g/mol. The minimum absolute atomic E-state index is 0.0573. The van der Waals surface area contributed by atoms with Gasteiger partial charge in [-0.1, -0.05) is 41.9 Å². The predicted molar refractivity (Wildman–Crippen MR) is 166 cm³/mol. The van der Waals surface area contributed by atoms with Crippen LogP contribution < -0.4 is 10.2 Å². The van der Waals surface area contributed by atoms with Crippen molar-refractivity contribution in [2.75, 3.05) is 6.61 Å². The zero-order chi connectivity index (χ0) is 31.1. The first-order chi connectivity index (χ1) is 21.3. The van der Waals surface area contributed by atoms with Crippen LogP contribution in [0.3, 0.4) is 0 Å². The van der Waals surface area contributed by atoms with E-state index < -0.39 is 5.91 Å². The van der Waals surface area contributed by atoms with Crippen LogP contribution in [0.2, 0.25) is 5.02 Å². The fraction of sp³-hybridized carbons (Fsp3) is 0.0909. The summed E-state index contributed by atoms with van der Waals surface area (Å²) in [5.74, 6) is -0.934. The maximum Gasteiger partial charge on any atom is 0.271 e. The molecule has 5 rings (SSSR count). The Morgan fingerprint density at radius 2 is 1.57 bits per heavy atom. The maximum atomic E-state index is 13.4. The highest BCUT2D eigenvalue weighted by molar-refractivity contribution is 6.32. The minimum atomic E-state index is -0.496. The van der Waals surface area contributed by atoms with E-state index in [0.717, 1.165) is 16.3 Å². The second kappa shape index (κ2) is 13.6. The van der Waals surface area contributed by atoms with E-state index in [1.54, 1.807) is 35.5 Å². The normalized spacial score (nSPS) is 11.0. The smallest absolute Gasteiger partial charge is 0.271 e. The molecule has 0 aliphatic carbocycles. The van der Waals surface area contributed by atoms with Crippen molar-refractivity contribution in [3.63, 3.8) is 0 Å². The lowest BCUT2D eigenvalue weighted by molar-refractivity contribution is -0.134. The van der Waals surface area contributed by atoms with Crippen LogP contribution in [-0.4, -0.2) is 49.8 Å². The van der Waals surface area contributed by atoms with E-state index in [0.29, 0.717) is 16.9 Å². The van der Waals surface area contributed by atoms with Gasteiger partial charge < -0.3 is 25.0 Å². The Morgan fingerprint density at radius 1 is 0.841 bits per heavy atom. The molecule has 11 heteroatoms. The third-order valence-electron chi connectivity index (χ3n) is 6.74. The van der Waals surface area contributed by atoms with Gasteiger partial charge in [-0.05, 0) is 71.1 Å². The second-order valence-corrected chi connectivity index (χ2v) is 10.2. The van der Waals surface area contributed by atoms with Gasteiger partial charge in [0, 0.05) is 42.0 Å². The summed E-state index contributed by atoms with van der Waals surface area (Å²) in [4.78, 5) is 31.5. The molecule has 0 radical (unpaired) electrons. The number of halogens is 1. The van der Waals surface area contributed by atoms with Gasteiger partial charge in [0.1, 0.15) is 11.5 Å². The molecular formula is C33H27ClN4O6. The summed E-state index contributed by atoms with van der Waals surface area (Å²) in [6.45, 7) is 0.207. The van der Waals surface area contributed by atoms with Crippen LogP contribution in [0.5, 0.6) is 23.0 Å². The van der Waals surface area contributed by atoms with Crippen LogP contribution in [0.4, 0.5) is 0 Å². The van der Waals surface area contributed by atoms with Gasteiger partial charge in [0.05, 0.1) is 11.2 Å². The van der Waals surface area contributed by atoms with Gasteiger partial charge in [0.15, 0.2) is 18.1 Å². The standard InChI is InChI=1S/C33H27ClN4O6/c34-27-16-23(6-9-28(27)39)33(43)37-36-17-24-7-10-31(26-4-2-1-3-25(24)26)44-20-32(42)38(18-21-11-13-35-14-12-21)19-22-5-8-29(40)30(41)15-22/h1-17,39-41H,18-20H2,(H,37,43)/b36-17+. The Labute approximate surface area is 257 Å². The number of carbonyl (C=O) groups is 2. The van der Waals surface area contributed by atoms with Gasteiger partial charge in [-0.3, -0.25) is 14.6 Å². The van der Waals surface area contributed by atoms with Gasteiger partial charge in [-0.15, -0.1) is 0 Å². The molecule has 1 heterocycles. The van der Waals surface area contributed by atoms with Gasteiger partial charge >= 0.3 is 0 Å². The lowest BCUT2D eigenvalue weighted by Gasteiger charge is -2.23. The summed E-state index contributed by atoms with van der Waals surface area (Å²) in [7, 11) is 0. The van der Waals surface area contributed by atoms with Crippen LogP contribution in [0.1, 0.15) is 27.0 Å². The fourth-order valence-corrected chi connectivity index (χ4v) is 4.65. The summed E-state index contributed by atoms with van der Waals surface area (Å²) in [6.07, 6.45) is 4.79. The summed E-state index contributed by atoms with van der Waals surface area (Å²) in [5.41, 5.74) is 4.89. The number of benzene rings is 4. The summed E-state index contributed by atoms with van der Waals surface area (Å²) < 4.78 is 6.02. The number of nitrogens with one attached hydrogen (secondary N) is 1. The number of hydrogen-bond donors (Lipinski definition) is 4. The monoisotopic (exact) mass is 610 g/mol. The zero-order valence-electron chi connectivity index (χ0n) is 23.2. The van der Waals surface area contributed by atoms with Gasteiger partial charge in [-0.2, -0.15) is 5.10 Å². The van der Waals surface area contributed by atoms with E-state index in [2.05, 4.69) is 15.5 Å². The van der Waals surface area contributed by atoms with Crippen LogP contribution in [0.15, 0.2) is 102 Å². The molecule has 0 spiro atoms. The molecule has 44 heavy (non-hydrogen) atoms. The van der Waals surface area contributed by atoms with E-state index in [1.165, 1.54) is 36.5 Å². The molecule has 0 bridgehead atoms. The second-order valence-electron chi connectivity index (χ2n) is 9.78. The highest BCUT2D eigenvalue weighted by atomic mass is 35.5. The van der Waals surface area contributed by atoms with E-state index in [4.69, 9.17) is 16.3 Å². The fourth-order valence-electron chi connectivity index (χ4n) is 4.47. The number of rotatable bonds is 10. The molecule has 0 aliphatic heterocycles. The van der Waals surface area contributed by atoms with Crippen LogP contribution >= 0.6 is 11.6 Å². The first-order valence-corrected chi connectivity index (χ1v) is 13.8. The quantitative estimate of drug-likeness (QED) is 0.0944. The average molecular weight is 611 g/mol. The maximum absolute atomic E-state index is 13.4. The summed E-state index contributed by atoms with van der Waals surface area (Å²) in [5, 5.41) is 34.8. The number of amides is 2. The van der Waals surface area contributed by atoms with Crippen molar-refractivity contribution in [2.24, 2.45) is 5.10 Å².